The van der Waals surface area contributed by atoms with Crippen LogP contribution in [0.1, 0.15) is 18.4 Å². The van der Waals surface area contributed by atoms with Gasteiger partial charge in [-0.25, -0.2) is 0 Å². The van der Waals surface area contributed by atoms with Gasteiger partial charge in [-0.2, -0.15) is 0 Å². The molecule has 0 saturated carbocycles. The second-order valence-electron chi connectivity index (χ2n) is 5.07. The lowest BCUT2D eigenvalue weighted by atomic mass is 10.1. The van der Waals surface area contributed by atoms with Gasteiger partial charge in [-0.05, 0) is 43.6 Å². The Labute approximate surface area is 112 Å². The van der Waals surface area contributed by atoms with E-state index in [1.165, 1.54) is 18.4 Å². The van der Waals surface area contributed by atoms with Crippen molar-refractivity contribution in [3.8, 4) is 5.75 Å². The Morgan fingerprint density at radius 3 is 3.00 bits per heavy atom. The van der Waals surface area contributed by atoms with Gasteiger partial charge in [-0.3, -0.25) is 4.79 Å². The van der Waals surface area contributed by atoms with Crippen LogP contribution in [0.2, 0.25) is 0 Å². The van der Waals surface area contributed by atoms with Crippen molar-refractivity contribution in [2.75, 3.05) is 25.0 Å². The van der Waals surface area contributed by atoms with Crippen molar-refractivity contribution < 1.29 is 9.53 Å². The van der Waals surface area contributed by atoms with Gasteiger partial charge in [-0.15, -0.1) is 0 Å². The van der Waals surface area contributed by atoms with Gasteiger partial charge >= 0.3 is 0 Å². The number of piperidine rings is 1. The molecule has 1 aromatic rings. The normalized spacial score (nSPS) is 19.5. The first-order valence-corrected chi connectivity index (χ1v) is 6.81. The number of fused-ring (bicyclic) bond motifs is 1. The average Bonchev–Trinajstić information content (AvgIpc) is 2.46. The zero-order valence-electron chi connectivity index (χ0n) is 10.9. The third-order valence-electron chi connectivity index (χ3n) is 3.61. The van der Waals surface area contributed by atoms with E-state index >= 15 is 0 Å². The van der Waals surface area contributed by atoms with E-state index in [9.17, 15) is 4.79 Å². The number of anilines is 1. The molecule has 2 heterocycles. The molecule has 1 aromatic carbocycles. The van der Waals surface area contributed by atoms with Crippen molar-refractivity contribution >= 4 is 11.6 Å². The summed E-state index contributed by atoms with van der Waals surface area (Å²) in [6.45, 7) is 3.12. The molecule has 0 bridgehead atoms. The first-order chi connectivity index (χ1) is 9.31. The highest BCUT2D eigenvalue weighted by Crippen LogP contribution is 2.28. The molecular weight excluding hydrogens is 242 g/mol. The van der Waals surface area contributed by atoms with Crippen molar-refractivity contribution in [2.24, 2.45) is 0 Å². The fourth-order valence-corrected chi connectivity index (χ4v) is 2.53. The molecule has 0 unspecified atom stereocenters. The average molecular weight is 261 g/mol. The van der Waals surface area contributed by atoms with E-state index in [1.54, 1.807) is 0 Å². The van der Waals surface area contributed by atoms with Crippen LogP contribution in [0.4, 0.5) is 5.69 Å². The van der Waals surface area contributed by atoms with E-state index in [0.29, 0.717) is 6.04 Å². The number of amides is 1. The van der Waals surface area contributed by atoms with E-state index in [-0.39, 0.29) is 12.5 Å². The van der Waals surface area contributed by atoms with E-state index in [0.717, 1.165) is 31.1 Å². The number of rotatable bonds is 3. The van der Waals surface area contributed by atoms with Crippen molar-refractivity contribution in [1.82, 2.24) is 10.6 Å². The summed E-state index contributed by atoms with van der Waals surface area (Å²) in [4.78, 5) is 11.3. The molecule has 0 spiro atoms. The molecule has 1 saturated heterocycles. The first kappa shape index (κ1) is 12.4. The predicted octanol–water partition coefficient (Wildman–Crippen LogP) is 0.859. The summed E-state index contributed by atoms with van der Waals surface area (Å²) < 4.78 is 5.34. The van der Waals surface area contributed by atoms with E-state index in [2.05, 4.69) is 16.0 Å². The van der Waals surface area contributed by atoms with Crippen LogP contribution in [0.25, 0.3) is 0 Å². The number of ether oxygens (including phenoxy) is 1. The Kier molecular flexibility index (Phi) is 3.66. The summed E-state index contributed by atoms with van der Waals surface area (Å²) in [5.41, 5.74) is 1.95. The maximum absolute atomic E-state index is 11.3. The van der Waals surface area contributed by atoms with Crippen LogP contribution in [0.3, 0.4) is 0 Å². The van der Waals surface area contributed by atoms with Crippen molar-refractivity contribution in [3.63, 3.8) is 0 Å². The second-order valence-corrected chi connectivity index (χ2v) is 5.07. The molecule has 5 heteroatoms. The molecule has 0 aromatic heterocycles. The lowest BCUT2D eigenvalue weighted by Crippen LogP contribution is -2.39. The summed E-state index contributed by atoms with van der Waals surface area (Å²) in [5.74, 6) is 0.668. The third kappa shape index (κ3) is 3.05. The van der Waals surface area contributed by atoms with Gasteiger partial charge in [0.1, 0.15) is 5.75 Å². The molecule has 1 fully saturated rings. The van der Waals surface area contributed by atoms with Gasteiger partial charge in [0, 0.05) is 12.6 Å². The van der Waals surface area contributed by atoms with Crippen molar-refractivity contribution in [2.45, 2.75) is 25.4 Å². The van der Waals surface area contributed by atoms with Crippen LogP contribution in [-0.2, 0) is 11.3 Å². The largest absolute Gasteiger partial charge is 0.482 e. The fraction of sp³-hybridized carbons (Fsp3) is 0.500. The second kappa shape index (κ2) is 5.59. The van der Waals surface area contributed by atoms with Crippen LogP contribution in [0.15, 0.2) is 18.2 Å². The summed E-state index contributed by atoms with van der Waals surface area (Å²) in [6, 6.07) is 6.54. The summed E-state index contributed by atoms with van der Waals surface area (Å²) in [7, 11) is 0. The molecule has 102 valence electrons. The van der Waals surface area contributed by atoms with E-state index in [1.807, 2.05) is 18.2 Å². The minimum Gasteiger partial charge on any atom is -0.482 e. The Balaban J connectivity index is 1.61. The lowest BCUT2D eigenvalue weighted by Gasteiger charge is -2.24. The minimum atomic E-state index is -0.0871. The highest BCUT2D eigenvalue weighted by molar-refractivity contribution is 5.95. The number of carbonyl (C=O) groups is 1. The van der Waals surface area contributed by atoms with Gasteiger partial charge < -0.3 is 20.7 Å². The standard InChI is InChI=1S/C14H19N3O2/c18-14-9-19-13-2-1-10(7-12(13)17-14)8-16-11-3-5-15-6-4-11/h1-2,7,11,15-16H,3-6,8-9H2,(H,17,18). The first-order valence-electron chi connectivity index (χ1n) is 6.81. The van der Waals surface area contributed by atoms with Crippen LogP contribution >= 0.6 is 0 Å². The lowest BCUT2D eigenvalue weighted by molar-refractivity contribution is -0.118. The third-order valence-corrected chi connectivity index (χ3v) is 3.61. The Morgan fingerprint density at radius 2 is 2.16 bits per heavy atom. The number of nitrogens with one attached hydrogen (secondary N) is 3. The van der Waals surface area contributed by atoms with Crippen molar-refractivity contribution in [3.05, 3.63) is 23.8 Å². The smallest absolute Gasteiger partial charge is 0.262 e. The molecule has 1 amide bonds. The predicted molar refractivity (Wildman–Crippen MR) is 73.3 cm³/mol. The summed E-state index contributed by atoms with van der Waals surface area (Å²) >= 11 is 0. The highest BCUT2D eigenvalue weighted by Gasteiger charge is 2.16. The van der Waals surface area contributed by atoms with Gasteiger partial charge in [0.15, 0.2) is 6.61 Å². The number of carbonyl (C=O) groups excluding carboxylic acids is 1. The molecule has 3 rings (SSSR count). The molecular formula is C14H19N3O2. The van der Waals surface area contributed by atoms with Crippen LogP contribution < -0.4 is 20.7 Å². The molecule has 0 aliphatic carbocycles. The minimum absolute atomic E-state index is 0.0871. The maximum Gasteiger partial charge on any atom is 0.262 e. The Morgan fingerprint density at radius 1 is 1.32 bits per heavy atom. The van der Waals surface area contributed by atoms with Gasteiger partial charge in [0.2, 0.25) is 0 Å². The quantitative estimate of drug-likeness (QED) is 0.755. The van der Waals surface area contributed by atoms with Crippen LogP contribution in [0.5, 0.6) is 5.75 Å². The maximum atomic E-state index is 11.3. The van der Waals surface area contributed by atoms with Gasteiger partial charge in [0.25, 0.3) is 5.91 Å². The summed E-state index contributed by atoms with van der Waals surface area (Å²) in [6.07, 6.45) is 2.34. The molecule has 19 heavy (non-hydrogen) atoms. The highest BCUT2D eigenvalue weighted by atomic mass is 16.5. The monoisotopic (exact) mass is 261 g/mol. The zero-order chi connectivity index (χ0) is 13.1. The SMILES string of the molecule is O=C1COc2ccc(CNC3CCNCC3)cc2N1. The van der Waals surface area contributed by atoms with E-state index < -0.39 is 0 Å². The van der Waals surface area contributed by atoms with Crippen LogP contribution in [-0.4, -0.2) is 31.6 Å². The van der Waals surface area contributed by atoms with Gasteiger partial charge in [-0.1, -0.05) is 6.07 Å². The van der Waals surface area contributed by atoms with Gasteiger partial charge in [0.05, 0.1) is 5.69 Å². The molecule has 0 atom stereocenters. The topological polar surface area (TPSA) is 62.4 Å². The Hall–Kier alpha value is -1.59. The number of hydrogen-bond donors (Lipinski definition) is 3. The molecule has 5 nitrogen and oxygen atoms in total. The fourth-order valence-electron chi connectivity index (χ4n) is 2.53. The van der Waals surface area contributed by atoms with Crippen molar-refractivity contribution in [1.29, 1.82) is 0 Å². The Bertz CT molecular complexity index is 470. The number of benzene rings is 1. The van der Waals surface area contributed by atoms with Crippen LogP contribution in [0, 0.1) is 0 Å². The zero-order valence-corrected chi connectivity index (χ0v) is 10.9. The summed E-state index contributed by atoms with van der Waals surface area (Å²) in [5, 5.41) is 9.75. The molecule has 3 N–H and O–H groups in total. The number of hydrogen-bond acceptors (Lipinski definition) is 4. The molecule has 2 aliphatic rings. The molecule has 2 aliphatic heterocycles. The van der Waals surface area contributed by atoms with E-state index in [4.69, 9.17) is 4.74 Å². The molecule has 0 radical (unpaired) electrons.